The third-order valence-electron chi connectivity index (χ3n) is 2.31. The summed E-state index contributed by atoms with van der Waals surface area (Å²) in [7, 11) is 0. The van der Waals surface area contributed by atoms with Gasteiger partial charge < -0.3 is 0 Å². The van der Waals surface area contributed by atoms with E-state index >= 15 is 0 Å². The first-order chi connectivity index (χ1) is 8.36. The van der Waals surface area contributed by atoms with Gasteiger partial charge in [-0.2, -0.15) is 0 Å². The summed E-state index contributed by atoms with van der Waals surface area (Å²) in [6, 6.07) is 0. The normalized spacial score (nSPS) is 18.4. The van der Waals surface area contributed by atoms with Gasteiger partial charge >= 0.3 is 112 Å². The van der Waals surface area contributed by atoms with Crippen LogP contribution in [0, 0.1) is 0 Å². The molecule has 0 radical (unpaired) electrons. The van der Waals surface area contributed by atoms with Crippen molar-refractivity contribution in [1.29, 1.82) is 0 Å². The molecule has 1 unspecified atom stereocenters. The Hall–Kier alpha value is 0.554. The summed E-state index contributed by atoms with van der Waals surface area (Å²) in [5.74, 6) is 0. The Morgan fingerprint density at radius 1 is 1.12 bits per heavy atom. The van der Waals surface area contributed by atoms with Crippen molar-refractivity contribution in [3.8, 4) is 0 Å². The first-order valence-electron chi connectivity index (χ1n) is 6.67. The summed E-state index contributed by atoms with van der Waals surface area (Å²) in [4.78, 5) is 0. The molecule has 1 fully saturated rings. The van der Waals surface area contributed by atoms with Crippen molar-refractivity contribution in [3.05, 3.63) is 0 Å². The van der Waals surface area contributed by atoms with Crippen LogP contribution in [0.2, 0.25) is 4.73 Å². The predicted octanol–water partition coefficient (Wildman–Crippen LogP) is 2.51. The molecule has 1 heterocycles. The van der Waals surface area contributed by atoms with Crippen LogP contribution in [0.25, 0.3) is 0 Å². The monoisotopic (exact) mass is 281 g/mol. The Labute approximate surface area is 112 Å². The number of hydrogen-bond acceptors (Lipinski definition) is 4. The molecule has 0 aromatic heterocycles. The van der Waals surface area contributed by atoms with Crippen LogP contribution in [0.4, 0.5) is 0 Å². The molecule has 0 bridgehead atoms. The molecule has 1 atom stereocenters. The van der Waals surface area contributed by atoms with E-state index < -0.39 is 18.6 Å². The van der Waals surface area contributed by atoms with E-state index in [0.29, 0.717) is 6.10 Å². The molecular weight excluding hydrogens is 256 g/mol. The van der Waals surface area contributed by atoms with E-state index in [9.17, 15) is 0 Å². The zero-order valence-electron chi connectivity index (χ0n) is 11.1. The van der Waals surface area contributed by atoms with Gasteiger partial charge in [0.05, 0.1) is 0 Å². The van der Waals surface area contributed by atoms with Gasteiger partial charge in [-0.15, -0.1) is 0 Å². The number of rotatable bonds is 12. The van der Waals surface area contributed by atoms with Gasteiger partial charge in [0, 0.05) is 0 Å². The van der Waals surface area contributed by atoms with Gasteiger partial charge in [0.25, 0.3) is 0 Å². The van der Waals surface area contributed by atoms with Crippen molar-refractivity contribution in [2.75, 3.05) is 33.0 Å². The maximum absolute atomic E-state index is 5.80. The van der Waals surface area contributed by atoms with Crippen LogP contribution in [-0.2, 0) is 34.8 Å². The van der Waals surface area contributed by atoms with Crippen LogP contribution >= 0.6 is 0 Å². The minimum absolute atomic E-state index is 0.373. The molecule has 1 aliphatic heterocycles. The Balaban J connectivity index is 1.95. The Morgan fingerprint density at radius 2 is 1.76 bits per heavy atom. The number of epoxide rings is 1. The van der Waals surface area contributed by atoms with Crippen LogP contribution in [0.15, 0.2) is 0 Å². The Bertz CT molecular complexity index is 168. The quantitative estimate of drug-likeness (QED) is 0.313. The van der Waals surface area contributed by atoms with Gasteiger partial charge in [-0.1, -0.05) is 0 Å². The SMILES string of the molecule is CCC[O][Ti]([CH2]CCOCC1CO1)[O]CCC. The van der Waals surface area contributed by atoms with Crippen molar-refractivity contribution < 1.29 is 34.8 Å². The molecule has 0 aromatic rings. The number of hydrogen-bond donors (Lipinski definition) is 0. The second-order valence-corrected chi connectivity index (χ2v) is 7.05. The fourth-order valence-corrected chi connectivity index (χ4v) is 3.92. The molecule has 0 saturated carbocycles. The van der Waals surface area contributed by atoms with Crippen LogP contribution in [0.5, 0.6) is 0 Å². The molecule has 101 valence electrons. The summed E-state index contributed by atoms with van der Waals surface area (Å²) in [6.07, 6.45) is 3.57. The van der Waals surface area contributed by atoms with Crippen LogP contribution < -0.4 is 0 Å². The van der Waals surface area contributed by atoms with Crippen molar-refractivity contribution in [2.45, 2.75) is 43.9 Å². The first kappa shape index (κ1) is 15.6. The zero-order valence-corrected chi connectivity index (χ0v) is 12.6. The maximum atomic E-state index is 5.80. The van der Waals surface area contributed by atoms with Crippen molar-refractivity contribution in [3.63, 3.8) is 0 Å². The fraction of sp³-hybridized carbons (Fsp3) is 1.00. The molecule has 0 amide bonds. The Kier molecular flexibility index (Phi) is 9.62. The average molecular weight is 281 g/mol. The molecule has 1 aliphatic rings. The molecule has 0 aromatic carbocycles. The molecule has 1 saturated heterocycles. The topological polar surface area (TPSA) is 40.2 Å². The predicted molar refractivity (Wildman–Crippen MR) is 62.5 cm³/mol. The third-order valence-corrected chi connectivity index (χ3v) is 5.14. The summed E-state index contributed by atoms with van der Waals surface area (Å²) in [5, 5.41) is 0. The molecule has 4 nitrogen and oxygen atoms in total. The molecule has 0 aliphatic carbocycles. The van der Waals surface area contributed by atoms with Gasteiger partial charge in [-0.05, 0) is 0 Å². The van der Waals surface area contributed by atoms with E-state index in [1.54, 1.807) is 0 Å². The fourth-order valence-electron chi connectivity index (χ4n) is 1.32. The second kappa shape index (κ2) is 10.5. The number of ether oxygens (including phenoxy) is 2. The molecule has 0 spiro atoms. The third kappa shape index (κ3) is 9.17. The minimum atomic E-state index is -1.71. The van der Waals surface area contributed by atoms with Gasteiger partial charge in [0.1, 0.15) is 0 Å². The summed E-state index contributed by atoms with van der Waals surface area (Å²) in [5.41, 5.74) is 0. The molecule has 5 heteroatoms. The second-order valence-electron chi connectivity index (χ2n) is 4.20. The summed E-state index contributed by atoms with van der Waals surface area (Å²) < 4.78 is 23.3. The van der Waals surface area contributed by atoms with E-state index in [0.717, 1.165) is 57.0 Å². The Morgan fingerprint density at radius 3 is 2.29 bits per heavy atom. The van der Waals surface area contributed by atoms with Gasteiger partial charge in [0.2, 0.25) is 0 Å². The van der Waals surface area contributed by atoms with Crippen molar-refractivity contribution in [1.82, 2.24) is 0 Å². The molecule has 0 N–H and O–H groups in total. The van der Waals surface area contributed by atoms with Crippen LogP contribution in [0.1, 0.15) is 33.1 Å². The van der Waals surface area contributed by atoms with E-state index in [-0.39, 0.29) is 0 Å². The van der Waals surface area contributed by atoms with Crippen molar-refractivity contribution in [2.24, 2.45) is 0 Å². The van der Waals surface area contributed by atoms with Crippen LogP contribution in [-0.4, -0.2) is 39.1 Å². The van der Waals surface area contributed by atoms with E-state index in [1.165, 1.54) is 0 Å². The van der Waals surface area contributed by atoms with E-state index in [4.69, 9.17) is 16.1 Å². The zero-order chi connectivity index (χ0) is 12.3. The van der Waals surface area contributed by atoms with E-state index in [1.807, 2.05) is 0 Å². The average Bonchev–Trinajstić information content (AvgIpc) is 3.15. The summed E-state index contributed by atoms with van der Waals surface area (Å²) in [6.45, 7) is 8.38. The standard InChI is InChI=1S/C6H11O2.2C3H7O.Ti/c1-2-3-7-4-6-5-8-6;2*1-2-3-4;/h6H,1-5H2;2*2-3H2,1H3;/q;2*-1;+2. The first-order valence-corrected chi connectivity index (χ1v) is 9.05. The summed E-state index contributed by atoms with van der Waals surface area (Å²) >= 11 is -1.71. The van der Waals surface area contributed by atoms with Gasteiger partial charge in [-0.25, -0.2) is 0 Å². The molecule has 1 rings (SSSR count). The van der Waals surface area contributed by atoms with Crippen LogP contribution in [0.3, 0.4) is 0 Å². The van der Waals surface area contributed by atoms with Crippen molar-refractivity contribution >= 4 is 0 Å². The molecular formula is C12H25O4Ti. The van der Waals surface area contributed by atoms with E-state index in [2.05, 4.69) is 13.8 Å². The molecule has 17 heavy (non-hydrogen) atoms. The van der Waals surface area contributed by atoms with Gasteiger partial charge in [-0.3, -0.25) is 0 Å². The van der Waals surface area contributed by atoms with Gasteiger partial charge in [0.15, 0.2) is 0 Å².